The van der Waals surface area contributed by atoms with E-state index >= 15 is 0 Å². The summed E-state index contributed by atoms with van der Waals surface area (Å²) in [6, 6.07) is 2.26. The first-order chi connectivity index (χ1) is 18.8. The minimum atomic E-state index is -1.33. The number of nitrogens with one attached hydrogen (secondary N) is 2. The number of amides is 4. The molecule has 0 spiro atoms. The Morgan fingerprint density at radius 1 is 1.07 bits per heavy atom. The summed E-state index contributed by atoms with van der Waals surface area (Å²) < 4.78 is 0. The van der Waals surface area contributed by atoms with Crippen LogP contribution < -0.4 is 10.6 Å². The van der Waals surface area contributed by atoms with Gasteiger partial charge in [0.1, 0.15) is 17.8 Å². The molecule has 1 unspecified atom stereocenters. The van der Waals surface area contributed by atoms with Gasteiger partial charge in [0.25, 0.3) is 5.91 Å². The molecule has 12 heteroatoms. The van der Waals surface area contributed by atoms with Gasteiger partial charge < -0.3 is 30.6 Å². The number of hydrogen-bond donors (Lipinski definition) is 4. The number of aromatic nitrogens is 2. The van der Waals surface area contributed by atoms with Gasteiger partial charge >= 0.3 is 0 Å². The average Bonchev–Trinajstić information content (AvgIpc) is 2.93. The molecule has 0 aromatic carbocycles. The summed E-state index contributed by atoms with van der Waals surface area (Å²) in [4.78, 5) is 64.8. The molecule has 40 heavy (non-hydrogen) atoms. The highest BCUT2D eigenvalue weighted by atomic mass is 16.3. The molecule has 6 atom stereocenters. The van der Waals surface area contributed by atoms with E-state index < -0.39 is 59.8 Å². The molecule has 1 saturated heterocycles. The van der Waals surface area contributed by atoms with Crippen molar-refractivity contribution in [2.24, 2.45) is 11.8 Å². The van der Waals surface area contributed by atoms with E-state index in [4.69, 9.17) is 0 Å². The second kappa shape index (κ2) is 12.9. The summed E-state index contributed by atoms with van der Waals surface area (Å²) in [6.45, 7) is 6.76. The van der Waals surface area contributed by atoms with Crippen LogP contribution in [-0.2, 0) is 20.8 Å². The molecule has 1 fully saturated rings. The Kier molecular flexibility index (Phi) is 9.80. The quantitative estimate of drug-likeness (QED) is 0.411. The third-order valence-corrected chi connectivity index (χ3v) is 7.48. The van der Waals surface area contributed by atoms with E-state index in [-0.39, 0.29) is 23.8 Å². The van der Waals surface area contributed by atoms with Crippen molar-refractivity contribution in [2.45, 2.75) is 64.4 Å². The molecule has 4 amide bonds. The van der Waals surface area contributed by atoms with Crippen molar-refractivity contribution in [1.29, 1.82) is 0 Å². The predicted octanol–water partition coefficient (Wildman–Crippen LogP) is 0.349. The first kappa shape index (κ1) is 30.5. The van der Waals surface area contributed by atoms with Crippen LogP contribution in [0, 0.1) is 11.8 Å². The molecule has 0 aliphatic carbocycles. The van der Waals surface area contributed by atoms with Gasteiger partial charge in [0.15, 0.2) is 5.69 Å². The maximum Gasteiger partial charge on any atom is 0.274 e. The van der Waals surface area contributed by atoms with E-state index in [1.54, 1.807) is 52.2 Å². The fraction of sp³-hybridized carbons (Fsp3) is 0.500. The first-order valence-corrected chi connectivity index (χ1v) is 13.2. The van der Waals surface area contributed by atoms with Crippen molar-refractivity contribution in [2.75, 3.05) is 14.1 Å². The lowest BCUT2D eigenvalue weighted by Crippen LogP contribution is -2.64. The van der Waals surface area contributed by atoms with Gasteiger partial charge in [-0.05, 0) is 43.0 Å². The number of carbonyl (C=O) groups excluding carboxylic acids is 4. The Hall–Kier alpha value is -4.06. The highest BCUT2D eigenvalue weighted by molar-refractivity contribution is 5.98. The molecular weight excluding hydrogens is 516 g/mol. The van der Waals surface area contributed by atoms with E-state index in [0.29, 0.717) is 5.56 Å². The van der Waals surface area contributed by atoms with Gasteiger partial charge in [-0.1, -0.05) is 26.8 Å². The molecule has 216 valence electrons. The number of rotatable bonds is 5. The summed E-state index contributed by atoms with van der Waals surface area (Å²) in [5.41, 5.74) is 0.430. The Balaban J connectivity index is 2.08. The van der Waals surface area contributed by atoms with E-state index in [1.807, 2.05) is 0 Å². The van der Waals surface area contributed by atoms with Crippen LogP contribution in [0.25, 0.3) is 0 Å². The van der Waals surface area contributed by atoms with Crippen LogP contribution in [0.15, 0.2) is 42.9 Å². The van der Waals surface area contributed by atoms with Gasteiger partial charge in [0.2, 0.25) is 17.7 Å². The zero-order chi connectivity index (χ0) is 29.7. The standard InChI is InChI=1S/C28H38N6O6/c1-15(2)23-28(40)33(5)17(4)21(32-26(38)22-20(35)10-8-12-30-22)25(37)31-19(13-18-9-7-11-29-14-18)24(36)16(3)27(39)34(23)6/h7-12,14-17,19,21,23-24,35-36H,13H2,1-6H3,(H,31,37)(H,32,38)/t16-,17-,19+,21+,23?,24+/m1/s1. The van der Waals surface area contributed by atoms with E-state index in [0.717, 1.165) is 0 Å². The maximum absolute atomic E-state index is 13.8. The summed E-state index contributed by atoms with van der Waals surface area (Å²) in [6.07, 6.45) is 3.35. The Morgan fingerprint density at radius 3 is 2.35 bits per heavy atom. The number of hydrogen-bond acceptors (Lipinski definition) is 8. The second-order valence-corrected chi connectivity index (χ2v) is 10.6. The smallest absolute Gasteiger partial charge is 0.274 e. The SMILES string of the molecule is CC(C)C1C(=O)N(C)[C@H](C)[C@H](NC(=O)c2ncccc2O)C(=O)N[C@@H](Cc2cccnc2)[C@@H](O)[C@@H](C)C(=O)N1C. The van der Waals surface area contributed by atoms with Crippen LogP contribution >= 0.6 is 0 Å². The van der Waals surface area contributed by atoms with Crippen molar-refractivity contribution in [3.63, 3.8) is 0 Å². The fourth-order valence-electron chi connectivity index (χ4n) is 4.97. The average molecular weight is 555 g/mol. The van der Waals surface area contributed by atoms with E-state index in [9.17, 15) is 29.4 Å². The van der Waals surface area contributed by atoms with Crippen LogP contribution in [0.4, 0.5) is 0 Å². The van der Waals surface area contributed by atoms with Crippen LogP contribution in [0.3, 0.4) is 0 Å². The van der Waals surface area contributed by atoms with Crippen molar-refractivity contribution in [1.82, 2.24) is 30.4 Å². The largest absolute Gasteiger partial charge is 0.505 e. The molecule has 4 N–H and O–H groups in total. The highest BCUT2D eigenvalue weighted by Gasteiger charge is 2.42. The summed E-state index contributed by atoms with van der Waals surface area (Å²) in [5, 5.41) is 26.9. The monoisotopic (exact) mass is 554 g/mol. The van der Waals surface area contributed by atoms with Crippen LogP contribution in [0.2, 0.25) is 0 Å². The van der Waals surface area contributed by atoms with E-state index in [2.05, 4.69) is 20.6 Å². The lowest BCUT2D eigenvalue weighted by atomic mass is 9.90. The van der Waals surface area contributed by atoms with Crippen molar-refractivity contribution in [3.05, 3.63) is 54.1 Å². The number of pyridine rings is 2. The summed E-state index contributed by atoms with van der Waals surface area (Å²) in [5.74, 6) is -4.00. The minimum Gasteiger partial charge on any atom is -0.505 e. The molecule has 1 aliphatic heterocycles. The molecular formula is C28H38N6O6. The van der Waals surface area contributed by atoms with Gasteiger partial charge in [-0.3, -0.25) is 24.2 Å². The molecule has 12 nitrogen and oxygen atoms in total. The number of aliphatic hydroxyl groups is 1. The fourth-order valence-corrected chi connectivity index (χ4v) is 4.97. The third kappa shape index (κ3) is 6.56. The molecule has 0 saturated carbocycles. The highest BCUT2D eigenvalue weighted by Crippen LogP contribution is 2.22. The van der Waals surface area contributed by atoms with Gasteiger partial charge in [0, 0.05) is 32.7 Å². The number of nitrogens with zero attached hydrogens (tertiary/aromatic N) is 4. The van der Waals surface area contributed by atoms with Gasteiger partial charge in [-0.25, -0.2) is 4.98 Å². The molecule has 3 heterocycles. The number of aromatic hydroxyl groups is 1. The van der Waals surface area contributed by atoms with Crippen molar-refractivity contribution >= 4 is 23.6 Å². The van der Waals surface area contributed by atoms with Crippen molar-refractivity contribution in [3.8, 4) is 5.75 Å². The maximum atomic E-state index is 13.8. The Bertz CT molecular complexity index is 1220. The van der Waals surface area contributed by atoms with E-state index in [1.165, 1.54) is 42.2 Å². The van der Waals surface area contributed by atoms with Gasteiger partial charge in [-0.15, -0.1) is 0 Å². The molecule has 0 bridgehead atoms. The zero-order valence-corrected chi connectivity index (χ0v) is 23.6. The van der Waals surface area contributed by atoms with Crippen LogP contribution in [0.5, 0.6) is 5.75 Å². The molecule has 1 aliphatic rings. The molecule has 3 rings (SSSR count). The zero-order valence-electron chi connectivity index (χ0n) is 23.6. The van der Waals surface area contributed by atoms with Gasteiger partial charge in [0.05, 0.1) is 24.1 Å². The second-order valence-electron chi connectivity index (χ2n) is 10.6. The summed E-state index contributed by atoms with van der Waals surface area (Å²) >= 11 is 0. The summed E-state index contributed by atoms with van der Waals surface area (Å²) in [7, 11) is 3.03. The van der Waals surface area contributed by atoms with Crippen LogP contribution in [-0.4, -0.2) is 98.0 Å². The predicted molar refractivity (Wildman–Crippen MR) is 146 cm³/mol. The molecule has 2 aromatic rings. The third-order valence-electron chi connectivity index (χ3n) is 7.48. The molecule has 0 radical (unpaired) electrons. The number of carbonyl (C=O) groups is 4. The number of aliphatic hydroxyl groups excluding tert-OH is 1. The van der Waals surface area contributed by atoms with Crippen molar-refractivity contribution < 1.29 is 29.4 Å². The lowest BCUT2D eigenvalue weighted by Gasteiger charge is -2.41. The number of likely N-dealkylation sites (N-methyl/N-ethyl adjacent to an activating group) is 2. The minimum absolute atomic E-state index is 0.153. The lowest BCUT2D eigenvalue weighted by molar-refractivity contribution is -0.152. The Labute approximate surface area is 233 Å². The Morgan fingerprint density at radius 2 is 1.75 bits per heavy atom. The van der Waals surface area contributed by atoms with Crippen LogP contribution in [0.1, 0.15) is 43.7 Å². The topological polar surface area (TPSA) is 165 Å². The van der Waals surface area contributed by atoms with Gasteiger partial charge in [-0.2, -0.15) is 0 Å². The normalized spacial score (nSPS) is 26.6. The first-order valence-electron chi connectivity index (χ1n) is 13.2. The molecule has 2 aromatic heterocycles.